The van der Waals surface area contributed by atoms with Crippen molar-refractivity contribution in [2.24, 2.45) is 0 Å². The van der Waals surface area contributed by atoms with Crippen molar-refractivity contribution < 1.29 is 13.2 Å². The second-order valence-electron chi connectivity index (χ2n) is 3.63. The Morgan fingerprint density at radius 1 is 1.46 bits per heavy atom. The van der Waals surface area contributed by atoms with Gasteiger partial charge in [-0.2, -0.15) is 4.31 Å². The lowest BCUT2D eigenvalue weighted by atomic mass is 10.3. The first-order valence-corrected chi connectivity index (χ1v) is 6.05. The summed E-state index contributed by atoms with van der Waals surface area (Å²) < 4.78 is 30.2. The first-order chi connectivity index (χ1) is 5.94. The molecule has 1 saturated heterocycles. The molecule has 0 amide bonds. The van der Waals surface area contributed by atoms with Crippen LogP contribution in [-0.2, 0) is 14.8 Å². The van der Waals surface area contributed by atoms with Gasteiger partial charge in [0, 0.05) is 13.1 Å². The second kappa shape index (κ2) is 3.94. The molecular formula is C8H17NO3S. The summed E-state index contributed by atoms with van der Waals surface area (Å²) in [6.07, 6.45) is 0.0160. The van der Waals surface area contributed by atoms with Crippen LogP contribution in [0.15, 0.2) is 0 Å². The molecule has 1 heterocycles. The van der Waals surface area contributed by atoms with E-state index in [1.165, 1.54) is 4.31 Å². The Bertz CT molecular complexity index is 261. The molecule has 0 unspecified atom stereocenters. The average molecular weight is 207 g/mol. The molecule has 1 aliphatic rings. The van der Waals surface area contributed by atoms with Gasteiger partial charge in [-0.15, -0.1) is 0 Å². The molecule has 0 aromatic carbocycles. The monoisotopic (exact) mass is 207 g/mol. The van der Waals surface area contributed by atoms with Crippen molar-refractivity contribution in [3.05, 3.63) is 0 Å². The summed E-state index contributed by atoms with van der Waals surface area (Å²) in [6.45, 7) is 6.78. The minimum absolute atomic E-state index is 0.0160. The van der Waals surface area contributed by atoms with E-state index in [2.05, 4.69) is 0 Å². The van der Waals surface area contributed by atoms with E-state index >= 15 is 0 Å². The zero-order valence-corrected chi connectivity index (χ0v) is 9.17. The molecular weight excluding hydrogens is 190 g/mol. The topological polar surface area (TPSA) is 46.6 Å². The molecule has 1 aliphatic heterocycles. The number of rotatable bonds is 2. The van der Waals surface area contributed by atoms with Crippen molar-refractivity contribution in [2.45, 2.75) is 32.1 Å². The highest BCUT2D eigenvalue weighted by atomic mass is 32.2. The van der Waals surface area contributed by atoms with Crippen LogP contribution in [-0.4, -0.2) is 43.8 Å². The highest BCUT2D eigenvalue weighted by Gasteiger charge is 2.29. The summed E-state index contributed by atoms with van der Waals surface area (Å²) >= 11 is 0. The van der Waals surface area contributed by atoms with Crippen LogP contribution in [0.25, 0.3) is 0 Å². The molecule has 0 saturated carbocycles. The van der Waals surface area contributed by atoms with Crippen LogP contribution in [0, 0.1) is 0 Å². The average Bonchev–Trinajstić information content (AvgIpc) is 2.04. The van der Waals surface area contributed by atoms with Crippen molar-refractivity contribution in [1.82, 2.24) is 4.31 Å². The van der Waals surface area contributed by atoms with Crippen molar-refractivity contribution in [2.75, 3.05) is 19.7 Å². The summed E-state index contributed by atoms with van der Waals surface area (Å²) in [5, 5.41) is -0.335. The summed E-state index contributed by atoms with van der Waals surface area (Å²) in [7, 11) is -3.08. The Morgan fingerprint density at radius 2 is 2.08 bits per heavy atom. The first-order valence-electron chi connectivity index (χ1n) is 4.55. The summed E-state index contributed by atoms with van der Waals surface area (Å²) in [5.74, 6) is 0. The number of ether oxygens (including phenoxy) is 1. The summed E-state index contributed by atoms with van der Waals surface area (Å²) in [5.41, 5.74) is 0. The van der Waals surface area contributed by atoms with Gasteiger partial charge in [0.15, 0.2) is 0 Å². The van der Waals surface area contributed by atoms with Crippen molar-refractivity contribution in [1.29, 1.82) is 0 Å². The lowest BCUT2D eigenvalue weighted by Crippen LogP contribution is -2.46. The van der Waals surface area contributed by atoms with Gasteiger partial charge in [-0.1, -0.05) is 0 Å². The van der Waals surface area contributed by atoms with Crippen LogP contribution in [0.4, 0.5) is 0 Å². The predicted molar refractivity (Wildman–Crippen MR) is 51.0 cm³/mol. The molecule has 4 nitrogen and oxygen atoms in total. The fourth-order valence-corrected chi connectivity index (χ4v) is 2.66. The molecule has 13 heavy (non-hydrogen) atoms. The van der Waals surface area contributed by atoms with Crippen LogP contribution in [0.5, 0.6) is 0 Å². The maximum absolute atomic E-state index is 11.7. The van der Waals surface area contributed by atoms with E-state index in [0.29, 0.717) is 19.7 Å². The fourth-order valence-electron chi connectivity index (χ4n) is 1.32. The number of sulfonamides is 1. The molecule has 0 spiro atoms. The van der Waals surface area contributed by atoms with Crippen LogP contribution >= 0.6 is 0 Å². The van der Waals surface area contributed by atoms with Crippen molar-refractivity contribution in [3.8, 4) is 0 Å². The number of hydrogen-bond acceptors (Lipinski definition) is 3. The van der Waals surface area contributed by atoms with Gasteiger partial charge in [0.25, 0.3) is 0 Å². The van der Waals surface area contributed by atoms with Crippen molar-refractivity contribution in [3.63, 3.8) is 0 Å². The van der Waals surface area contributed by atoms with Gasteiger partial charge in [0.2, 0.25) is 10.0 Å². The van der Waals surface area contributed by atoms with E-state index in [-0.39, 0.29) is 11.4 Å². The molecule has 5 heteroatoms. The molecule has 0 aliphatic carbocycles. The standard InChI is InChI=1S/C8H17NO3S/c1-7(2)13(10,11)9-4-5-12-8(3)6-9/h7-8H,4-6H2,1-3H3/t8-/m0/s1. The molecule has 1 rings (SSSR count). The van der Waals surface area contributed by atoms with Gasteiger partial charge < -0.3 is 4.74 Å². The van der Waals surface area contributed by atoms with E-state index in [1.807, 2.05) is 6.92 Å². The van der Waals surface area contributed by atoms with Gasteiger partial charge >= 0.3 is 0 Å². The molecule has 0 aromatic rings. The largest absolute Gasteiger partial charge is 0.376 e. The maximum Gasteiger partial charge on any atom is 0.216 e. The Morgan fingerprint density at radius 3 is 2.54 bits per heavy atom. The SMILES string of the molecule is CC(C)S(=O)(=O)N1CCO[C@@H](C)C1. The van der Waals surface area contributed by atoms with Crippen LogP contribution in [0.2, 0.25) is 0 Å². The van der Waals surface area contributed by atoms with E-state index in [1.54, 1.807) is 13.8 Å². The van der Waals surface area contributed by atoms with Crippen LogP contribution in [0.3, 0.4) is 0 Å². The molecule has 1 atom stereocenters. The maximum atomic E-state index is 11.7. The lowest BCUT2D eigenvalue weighted by Gasteiger charge is -2.31. The number of nitrogens with zero attached hydrogens (tertiary/aromatic N) is 1. The van der Waals surface area contributed by atoms with E-state index in [0.717, 1.165) is 0 Å². The third-order valence-corrected chi connectivity index (χ3v) is 4.40. The minimum atomic E-state index is -3.08. The first kappa shape index (κ1) is 10.9. The second-order valence-corrected chi connectivity index (χ2v) is 6.12. The molecule has 1 fully saturated rings. The molecule has 0 aromatic heterocycles. The summed E-state index contributed by atoms with van der Waals surface area (Å²) in [6, 6.07) is 0. The molecule has 0 radical (unpaired) electrons. The van der Waals surface area contributed by atoms with E-state index in [4.69, 9.17) is 4.74 Å². The minimum Gasteiger partial charge on any atom is -0.376 e. The Labute approximate surface area is 79.9 Å². The predicted octanol–water partition coefficient (Wildman–Crippen LogP) is 0.445. The van der Waals surface area contributed by atoms with Gasteiger partial charge in [-0.05, 0) is 20.8 Å². The highest BCUT2D eigenvalue weighted by molar-refractivity contribution is 7.89. The smallest absolute Gasteiger partial charge is 0.216 e. The van der Waals surface area contributed by atoms with Gasteiger partial charge in [0.1, 0.15) is 0 Å². The lowest BCUT2D eigenvalue weighted by molar-refractivity contribution is 0.00996. The summed E-state index contributed by atoms with van der Waals surface area (Å²) in [4.78, 5) is 0. The van der Waals surface area contributed by atoms with Gasteiger partial charge in [-0.25, -0.2) is 8.42 Å². The van der Waals surface area contributed by atoms with Crippen LogP contribution in [0.1, 0.15) is 20.8 Å². The van der Waals surface area contributed by atoms with E-state index < -0.39 is 10.0 Å². The zero-order chi connectivity index (χ0) is 10.1. The Kier molecular flexibility index (Phi) is 3.32. The Hall–Kier alpha value is -0.130. The quantitative estimate of drug-likeness (QED) is 0.660. The Balaban J connectivity index is 2.71. The number of hydrogen-bond donors (Lipinski definition) is 0. The normalized spacial score (nSPS) is 26.6. The van der Waals surface area contributed by atoms with E-state index in [9.17, 15) is 8.42 Å². The molecule has 0 N–H and O–H groups in total. The highest BCUT2D eigenvalue weighted by Crippen LogP contribution is 2.13. The third-order valence-electron chi connectivity index (χ3n) is 2.16. The van der Waals surface area contributed by atoms with Gasteiger partial charge in [0.05, 0.1) is 18.0 Å². The fraction of sp³-hybridized carbons (Fsp3) is 1.00. The number of morpholine rings is 1. The molecule has 0 bridgehead atoms. The van der Waals surface area contributed by atoms with Gasteiger partial charge in [-0.3, -0.25) is 0 Å². The zero-order valence-electron chi connectivity index (χ0n) is 8.36. The third kappa shape index (κ3) is 2.42. The van der Waals surface area contributed by atoms with Crippen molar-refractivity contribution >= 4 is 10.0 Å². The van der Waals surface area contributed by atoms with Crippen LogP contribution < -0.4 is 0 Å². The molecule has 78 valence electrons.